The van der Waals surface area contributed by atoms with Crippen molar-refractivity contribution >= 4 is 21.6 Å². The summed E-state index contributed by atoms with van der Waals surface area (Å²) in [6, 6.07) is 5.90. The molecule has 0 aliphatic rings. The SMILES string of the molecule is CC.Cc1cccc2sc(=O)[nH]c12.[HH]. The van der Waals surface area contributed by atoms with E-state index in [0.29, 0.717) is 0 Å². The Morgan fingerprint density at radius 2 is 2.08 bits per heavy atom. The van der Waals surface area contributed by atoms with Crippen LogP contribution >= 0.6 is 11.3 Å². The van der Waals surface area contributed by atoms with Gasteiger partial charge in [-0.2, -0.15) is 0 Å². The highest BCUT2D eigenvalue weighted by molar-refractivity contribution is 7.16. The van der Waals surface area contributed by atoms with Crippen molar-refractivity contribution in [3.63, 3.8) is 0 Å². The highest BCUT2D eigenvalue weighted by atomic mass is 32.1. The number of hydrogen-bond donors (Lipinski definition) is 1. The van der Waals surface area contributed by atoms with Crippen molar-refractivity contribution in [2.75, 3.05) is 0 Å². The Morgan fingerprint density at radius 1 is 1.38 bits per heavy atom. The van der Waals surface area contributed by atoms with Crippen molar-refractivity contribution in [1.29, 1.82) is 0 Å². The van der Waals surface area contributed by atoms with Gasteiger partial charge in [-0.3, -0.25) is 4.79 Å². The third-order valence-corrected chi connectivity index (χ3v) is 2.51. The Bertz CT molecular complexity index is 447. The fourth-order valence-corrected chi connectivity index (χ4v) is 1.93. The Hall–Kier alpha value is -1.09. The van der Waals surface area contributed by atoms with Crippen LogP contribution in [-0.2, 0) is 0 Å². The molecule has 1 aromatic carbocycles. The minimum Gasteiger partial charge on any atom is -0.312 e. The number of fused-ring (bicyclic) bond motifs is 1. The zero-order valence-corrected chi connectivity index (χ0v) is 8.87. The van der Waals surface area contributed by atoms with Gasteiger partial charge in [0.2, 0.25) is 0 Å². The van der Waals surface area contributed by atoms with Gasteiger partial charge < -0.3 is 4.98 Å². The van der Waals surface area contributed by atoms with Gasteiger partial charge in [0.1, 0.15) is 0 Å². The first kappa shape index (κ1) is 9.99. The smallest absolute Gasteiger partial charge is 0.305 e. The highest BCUT2D eigenvalue weighted by Gasteiger charge is 1.99. The molecule has 1 N–H and O–H groups in total. The van der Waals surface area contributed by atoms with E-state index in [9.17, 15) is 4.79 Å². The lowest BCUT2D eigenvalue weighted by molar-refractivity contribution is 1.37. The van der Waals surface area contributed by atoms with E-state index in [1.54, 1.807) is 0 Å². The van der Waals surface area contributed by atoms with Gasteiger partial charge in [0.15, 0.2) is 0 Å². The molecule has 0 spiro atoms. The van der Waals surface area contributed by atoms with Gasteiger partial charge in [-0.25, -0.2) is 0 Å². The molecule has 2 nitrogen and oxygen atoms in total. The summed E-state index contributed by atoms with van der Waals surface area (Å²) in [5.41, 5.74) is 2.10. The molecular formula is C10H15NOS. The molecule has 0 aliphatic heterocycles. The Kier molecular flexibility index (Phi) is 3.25. The molecule has 0 aliphatic carbocycles. The molecule has 13 heavy (non-hydrogen) atoms. The molecule has 0 atom stereocenters. The second-order valence-electron chi connectivity index (χ2n) is 2.46. The molecule has 1 heterocycles. The zero-order chi connectivity index (χ0) is 9.84. The maximum absolute atomic E-state index is 10.9. The quantitative estimate of drug-likeness (QED) is 0.691. The van der Waals surface area contributed by atoms with Gasteiger partial charge in [0.25, 0.3) is 0 Å². The molecule has 72 valence electrons. The van der Waals surface area contributed by atoms with Crippen LogP contribution in [-0.4, -0.2) is 4.98 Å². The van der Waals surface area contributed by atoms with Crippen molar-refractivity contribution in [1.82, 2.24) is 4.98 Å². The second-order valence-corrected chi connectivity index (χ2v) is 3.48. The van der Waals surface area contributed by atoms with E-state index >= 15 is 0 Å². The third-order valence-electron chi connectivity index (χ3n) is 1.66. The van der Waals surface area contributed by atoms with Crippen LogP contribution in [0.25, 0.3) is 10.2 Å². The minimum atomic E-state index is 0. The molecule has 0 fully saturated rings. The lowest BCUT2D eigenvalue weighted by Gasteiger charge is -1.90. The molecule has 2 aromatic rings. The van der Waals surface area contributed by atoms with E-state index in [-0.39, 0.29) is 6.30 Å². The Labute approximate surface area is 82.7 Å². The van der Waals surface area contributed by atoms with Crippen LogP contribution in [0.4, 0.5) is 0 Å². The van der Waals surface area contributed by atoms with Crippen LogP contribution in [0.1, 0.15) is 20.8 Å². The standard InChI is InChI=1S/C8H7NOS.C2H6.H2/c1-5-3-2-4-6-7(5)9-8(10)11-6;1-2;/h2-4H,1H3,(H,9,10);1-2H3;1H. The zero-order valence-electron chi connectivity index (χ0n) is 8.05. The van der Waals surface area contributed by atoms with E-state index < -0.39 is 0 Å². The molecular weight excluding hydrogens is 182 g/mol. The van der Waals surface area contributed by atoms with Crippen molar-refractivity contribution in [2.45, 2.75) is 20.8 Å². The average Bonchev–Trinajstić information content (AvgIpc) is 2.51. The minimum absolute atomic E-state index is 0. The van der Waals surface area contributed by atoms with Gasteiger partial charge in [0, 0.05) is 1.43 Å². The van der Waals surface area contributed by atoms with E-state index in [1.165, 1.54) is 11.3 Å². The maximum Gasteiger partial charge on any atom is 0.305 e. The molecule has 0 saturated carbocycles. The van der Waals surface area contributed by atoms with Gasteiger partial charge in [-0.1, -0.05) is 37.3 Å². The lowest BCUT2D eigenvalue weighted by atomic mass is 10.2. The number of rotatable bonds is 0. The monoisotopic (exact) mass is 197 g/mol. The van der Waals surface area contributed by atoms with E-state index in [0.717, 1.165) is 15.8 Å². The number of aromatic nitrogens is 1. The summed E-state index contributed by atoms with van der Waals surface area (Å²) in [4.78, 5) is 13.7. The molecule has 0 saturated heterocycles. The predicted molar refractivity (Wildman–Crippen MR) is 60.6 cm³/mol. The lowest BCUT2D eigenvalue weighted by Crippen LogP contribution is -1.90. The van der Waals surface area contributed by atoms with Crippen molar-refractivity contribution in [3.8, 4) is 0 Å². The largest absolute Gasteiger partial charge is 0.312 e. The van der Waals surface area contributed by atoms with E-state index in [2.05, 4.69) is 4.98 Å². The molecule has 0 bridgehead atoms. The average molecular weight is 197 g/mol. The Balaban J connectivity index is 0.000000531. The molecule has 0 radical (unpaired) electrons. The van der Waals surface area contributed by atoms with E-state index in [4.69, 9.17) is 0 Å². The van der Waals surface area contributed by atoms with Crippen molar-refractivity contribution in [2.24, 2.45) is 0 Å². The van der Waals surface area contributed by atoms with Crippen LogP contribution < -0.4 is 4.87 Å². The van der Waals surface area contributed by atoms with Crippen molar-refractivity contribution < 1.29 is 1.43 Å². The first-order valence-corrected chi connectivity index (χ1v) is 5.17. The number of para-hydroxylation sites is 1. The van der Waals surface area contributed by atoms with Crippen LogP contribution in [0.15, 0.2) is 23.0 Å². The van der Waals surface area contributed by atoms with Crippen LogP contribution in [0.2, 0.25) is 0 Å². The summed E-state index contributed by atoms with van der Waals surface area (Å²) >= 11 is 1.26. The molecule has 0 amide bonds. The van der Waals surface area contributed by atoms with Crippen LogP contribution in [0.5, 0.6) is 0 Å². The van der Waals surface area contributed by atoms with Gasteiger partial charge in [-0.15, -0.1) is 0 Å². The van der Waals surface area contributed by atoms with Crippen molar-refractivity contribution in [3.05, 3.63) is 33.4 Å². The molecule has 0 unspecified atom stereocenters. The highest BCUT2D eigenvalue weighted by Crippen LogP contribution is 2.16. The fourth-order valence-electron chi connectivity index (χ4n) is 1.11. The number of benzene rings is 1. The third kappa shape index (κ3) is 1.98. The number of thiazole rings is 1. The number of H-pyrrole nitrogens is 1. The molecule has 3 heteroatoms. The normalized spacial score (nSPS) is 9.46. The first-order chi connectivity index (χ1) is 6.27. The van der Waals surface area contributed by atoms with Gasteiger partial charge in [0.05, 0.1) is 10.2 Å². The summed E-state index contributed by atoms with van der Waals surface area (Å²) in [6.45, 7) is 5.99. The fraction of sp³-hybridized carbons (Fsp3) is 0.300. The van der Waals surface area contributed by atoms with Gasteiger partial charge >= 0.3 is 4.87 Å². The summed E-state index contributed by atoms with van der Waals surface area (Å²) in [5, 5.41) is 0. The number of aryl methyl sites for hydroxylation is 1. The first-order valence-electron chi connectivity index (χ1n) is 4.36. The molecule has 1 aromatic heterocycles. The number of aromatic amines is 1. The topological polar surface area (TPSA) is 32.9 Å². The predicted octanol–water partition coefficient (Wildman–Crippen LogP) is 3.17. The Morgan fingerprint density at radius 3 is 2.69 bits per heavy atom. The molecule has 2 rings (SSSR count). The second kappa shape index (κ2) is 4.23. The van der Waals surface area contributed by atoms with Gasteiger partial charge in [-0.05, 0) is 18.6 Å². The number of hydrogen-bond acceptors (Lipinski definition) is 2. The maximum atomic E-state index is 10.9. The summed E-state index contributed by atoms with van der Waals surface area (Å²) < 4.78 is 1.04. The summed E-state index contributed by atoms with van der Waals surface area (Å²) in [6.07, 6.45) is 0. The number of nitrogens with one attached hydrogen (secondary N) is 1. The van der Waals surface area contributed by atoms with E-state index in [1.807, 2.05) is 39.0 Å². The summed E-state index contributed by atoms with van der Waals surface area (Å²) in [5.74, 6) is 0. The van der Waals surface area contributed by atoms with Crippen LogP contribution in [0, 0.1) is 6.92 Å². The summed E-state index contributed by atoms with van der Waals surface area (Å²) in [7, 11) is 0. The van der Waals surface area contributed by atoms with Crippen LogP contribution in [0.3, 0.4) is 0 Å².